The molecule has 3 rings (SSSR count). The Morgan fingerprint density at radius 3 is 2.76 bits per heavy atom. The molecule has 1 heterocycles. The zero-order valence-electron chi connectivity index (χ0n) is 12.3. The monoisotopic (exact) mass is 281 g/mol. The van der Waals surface area contributed by atoms with Crippen LogP contribution in [-0.4, -0.2) is 9.55 Å². The van der Waals surface area contributed by atoms with Gasteiger partial charge in [-0.2, -0.15) is 0 Å². The largest absolute Gasteiger partial charge is 0.484 e. The zero-order chi connectivity index (χ0) is 14.8. The van der Waals surface area contributed by atoms with Gasteiger partial charge < -0.3 is 15.0 Å². The van der Waals surface area contributed by atoms with Crippen molar-refractivity contribution in [3.05, 3.63) is 53.9 Å². The number of para-hydroxylation sites is 2. The maximum absolute atomic E-state index is 5.90. The van der Waals surface area contributed by atoms with Crippen molar-refractivity contribution in [3.63, 3.8) is 0 Å². The number of fused-ring (bicyclic) bond motifs is 1. The maximum atomic E-state index is 5.90. The summed E-state index contributed by atoms with van der Waals surface area (Å²) in [7, 11) is 0. The summed E-state index contributed by atoms with van der Waals surface area (Å²) >= 11 is 0. The number of hydrogen-bond donors (Lipinski definition) is 1. The number of imidazole rings is 1. The van der Waals surface area contributed by atoms with E-state index >= 15 is 0 Å². The molecule has 108 valence electrons. The molecule has 3 aromatic rings. The number of benzene rings is 2. The van der Waals surface area contributed by atoms with Crippen molar-refractivity contribution >= 4 is 16.7 Å². The summed E-state index contributed by atoms with van der Waals surface area (Å²) in [5.41, 5.74) is 9.91. The van der Waals surface area contributed by atoms with Crippen molar-refractivity contribution in [2.24, 2.45) is 0 Å². The third-order valence-corrected chi connectivity index (χ3v) is 3.57. The molecule has 0 aliphatic rings. The van der Waals surface area contributed by atoms with E-state index in [4.69, 9.17) is 10.5 Å². The average molecular weight is 281 g/mol. The van der Waals surface area contributed by atoms with Crippen molar-refractivity contribution in [3.8, 4) is 5.75 Å². The van der Waals surface area contributed by atoms with Crippen LogP contribution in [-0.2, 0) is 13.2 Å². The highest BCUT2D eigenvalue weighted by atomic mass is 16.5. The van der Waals surface area contributed by atoms with Gasteiger partial charge in [-0.1, -0.05) is 18.2 Å². The first-order chi connectivity index (χ1) is 10.2. The van der Waals surface area contributed by atoms with E-state index in [1.807, 2.05) is 24.3 Å². The van der Waals surface area contributed by atoms with Gasteiger partial charge in [0.05, 0.1) is 16.7 Å². The van der Waals surface area contributed by atoms with Crippen LogP contribution in [0, 0.1) is 6.92 Å². The number of aryl methyl sites for hydroxylation is 2. The Kier molecular flexibility index (Phi) is 3.52. The minimum absolute atomic E-state index is 0.412. The van der Waals surface area contributed by atoms with Gasteiger partial charge in [0.15, 0.2) is 0 Å². The topological polar surface area (TPSA) is 53.1 Å². The second-order valence-corrected chi connectivity index (χ2v) is 5.09. The molecule has 0 bridgehead atoms. The van der Waals surface area contributed by atoms with Gasteiger partial charge in [0, 0.05) is 6.54 Å². The molecule has 0 radical (unpaired) electrons. The highest BCUT2D eigenvalue weighted by Gasteiger charge is 2.10. The molecule has 0 spiro atoms. The second-order valence-electron chi connectivity index (χ2n) is 5.09. The molecule has 0 unspecified atom stereocenters. The Bertz CT molecular complexity index is 777. The molecule has 0 saturated carbocycles. The normalized spacial score (nSPS) is 11.0. The van der Waals surface area contributed by atoms with E-state index in [0.29, 0.717) is 18.0 Å². The molecule has 0 atom stereocenters. The SMILES string of the molecule is CCn1c(COc2ccccc2N)nc2cc(C)ccc21. The number of hydrogen-bond acceptors (Lipinski definition) is 3. The van der Waals surface area contributed by atoms with Gasteiger partial charge in [-0.05, 0) is 43.7 Å². The van der Waals surface area contributed by atoms with E-state index in [9.17, 15) is 0 Å². The molecule has 0 saturated heterocycles. The predicted octanol–water partition coefficient (Wildman–Crippen LogP) is 3.53. The first kappa shape index (κ1) is 13.5. The van der Waals surface area contributed by atoms with Crippen LogP contribution >= 0.6 is 0 Å². The number of aromatic nitrogens is 2. The Hall–Kier alpha value is -2.49. The van der Waals surface area contributed by atoms with Crippen LogP contribution in [0.5, 0.6) is 5.75 Å². The van der Waals surface area contributed by atoms with Gasteiger partial charge in [0.1, 0.15) is 18.2 Å². The summed E-state index contributed by atoms with van der Waals surface area (Å²) in [6, 6.07) is 13.8. The number of nitrogens with zero attached hydrogens (tertiary/aromatic N) is 2. The number of anilines is 1. The summed E-state index contributed by atoms with van der Waals surface area (Å²) in [6.45, 7) is 5.46. The lowest BCUT2D eigenvalue weighted by Gasteiger charge is -2.09. The Balaban J connectivity index is 1.92. The minimum Gasteiger partial charge on any atom is -0.484 e. The van der Waals surface area contributed by atoms with Crippen LogP contribution in [0.4, 0.5) is 5.69 Å². The minimum atomic E-state index is 0.412. The summed E-state index contributed by atoms with van der Waals surface area (Å²) in [5, 5.41) is 0. The molecule has 2 N–H and O–H groups in total. The Morgan fingerprint density at radius 2 is 2.00 bits per heavy atom. The van der Waals surface area contributed by atoms with E-state index in [1.165, 1.54) is 5.56 Å². The second kappa shape index (κ2) is 5.48. The van der Waals surface area contributed by atoms with Gasteiger partial charge in [0.2, 0.25) is 0 Å². The van der Waals surface area contributed by atoms with Gasteiger partial charge in [-0.25, -0.2) is 4.98 Å². The quantitative estimate of drug-likeness (QED) is 0.744. The van der Waals surface area contributed by atoms with Gasteiger partial charge in [-0.3, -0.25) is 0 Å². The average Bonchev–Trinajstić information content (AvgIpc) is 2.82. The Labute approximate surface area is 124 Å². The first-order valence-corrected chi connectivity index (χ1v) is 7.12. The number of ether oxygens (including phenoxy) is 1. The number of rotatable bonds is 4. The molecule has 4 nitrogen and oxygen atoms in total. The van der Waals surface area contributed by atoms with Crippen molar-refractivity contribution in [1.29, 1.82) is 0 Å². The lowest BCUT2D eigenvalue weighted by Crippen LogP contribution is -2.06. The van der Waals surface area contributed by atoms with E-state index in [2.05, 4.69) is 41.6 Å². The van der Waals surface area contributed by atoms with Crippen molar-refractivity contribution in [1.82, 2.24) is 9.55 Å². The summed E-state index contributed by atoms with van der Waals surface area (Å²) < 4.78 is 7.99. The third kappa shape index (κ3) is 2.57. The van der Waals surface area contributed by atoms with E-state index in [-0.39, 0.29) is 0 Å². The molecule has 0 fully saturated rings. The molecule has 4 heteroatoms. The maximum Gasteiger partial charge on any atom is 0.147 e. The van der Waals surface area contributed by atoms with Crippen LogP contribution in [0.1, 0.15) is 18.3 Å². The Morgan fingerprint density at radius 1 is 1.19 bits per heavy atom. The molecule has 2 aromatic carbocycles. The lowest BCUT2D eigenvalue weighted by atomic mass is 10.2. The van der Waals surface area contributed by atoms with Crippen molar-refractivity contribution < 1.29 is 4.74 Å². The molecular formula is C17H19N3O. The first-order valence-electron chi connectivity index (χ1n) is 7.12. The van der Waals surface area contributed by atoms with E-state index in [0.717, 1.165) is 23.4 Å². The molecule has 21 heavy (non-hydrogen) atoms. The standard InChI is InChI=1S/C17H19N3O/c1-3-20-15-9-8-12(2)10-14(15)19-17(20)11-21-16-7-5-4-6-13(16)18/h4-10H,3,11,18H2,1-2H3. The number of nitrogen functional groups attached to an aromatic ring is 1. The van der Waals surface area contributed by atoms with Gasteiger partial charge in [0.25, 0.3) is 0 Å². The fourth-order valence-electron chi connectivity index (χ4n) is 2.51. The molecule has 0 amide bonds. The van der Waals surface area contributed by atoms with E-state index < -0.39 is 0 Å². The van der Waals surface area contributed by atoms with Crippen LogP contribution in [0.2, 0.25) is 0 Å². The lowest BCUT2D eigenvalue weighted by molar-refractivity contribution is 0.292. The summed E-state index contributed by atoms with van der Waals surface area (Å²) in [4.78, 5) is 4.69. The smallest absolute Gasteiger partial charge is 0.147 e. The van der Waals surface area contributed by atoms with Crippen LogP contribution in [0.15, 0.2) is 42.5 Å². The molecule has 0 aliphatic heterocycles. The fourth-order valence-corrected chi connectivity index (χ4v) is 2.51. The molecular weight excluding hydrogens is 262 g/mol. The van der Waals surface area contributed by atoms with Crippen LogP contribution in [0.3, 0.4) is 0 Å². The fraction of sp³-hybridized carbons (Fsp3) is 0.235. The molecule has 0 aliphatic carbocycles. The predicted molar refractivity (Wildman–Crippen MR) is 85.3 cm³/mol. The summed E-state index contributed by atoms with van der Waals surface area (Å²) in [6.07, 6.45) is 0. The van der Waals surface area contributed by atoms with Crippen molar-refractivity contribution in [2.75, 3.05) is 5.73 Å². The highest BCUT2D eigenvalue weighted by molar-refractivity contribution is 5.76. The van der Waals surface area contributed by atoms with Crippen molar-refractivity contribution in [2.45, 2.75) is 27.0 Å². The summed E-state index contributed by atoms with van der Waals surface area (Å²) in [5.74, 6) is 1.62. The van der Waals surface area contributed by atoms with E-state index in [1.54, 1.807) is 0 Å². The number of nitrogens with two attached hydrogens (primary N) is 1. The highest BCUT2D eigenvalue weighted by Crippen LogP contribution is 2.23. The van der Waals surface area contributed by atoms with Crippen LogP contribution in [0.25, 0.3) is 11.0 Å². The van der Waals surface area contributed by atoms with Crippen LogP contribution < -0.4 is 10.5 Å². The van der Waals surface area contributed by atoms with Gasteiger partial charge >= 0.3 is 0 Å². The van der Waals surface area contributed by atoms with Gasteiger partial charge in [-0.15, -0.1) is 0 Å². The third-order valence-electron chi connectivity index (χ3n) is 3.57. The zero-order valence-corrected chi connectivity index (χ0v) is 12.3. The molecule has 1 aromatic heterocycles.